The molecule has 0 N–H and O–H groups in total. The lowest BCUT2D eigenvalue weighted by Gasteiger charge is -2.15. The molecule has 1 atom stereocenters. The van der Waals surface area contributed by atoms with Crippen LogP contribution in [0, 0.1) is 10.6 Å². The first kappa shape index (κ1) is 11.9. The fourth-order valence-corrected chi connectivity index (χ4v) is 2.61. The third-order valence-corrected chi connectivity index (χ3v) is 3.46. The minimum atomic E-state index is -0.0906. The van der Waals surface area contributed by atoms with Gasteiger partial charge in [-0.25, -0.2) is 4.74 Å². The summed E-state index contributed by atoms with van der Waals surface area (Å²) in [5, 5.41) is 12.4. The second-order valence-corrected chi connectivity index (χ2v) is 5.49. The Morgan fingerprint density at radius 1 is 1.35 bits per heavy atom. The number of benzene rings is 1. The van der Waals surface area contributed by atoms with Crippen molar-refractivity contribution in [1.82, 2.24) is 0 Å². The molecule has 1 aliphatic heterocycles. The molecule has 0 saturated heterocycles. The van der Waals surface area contributed by atoms with Gasteiger partial charge in [0, 0.05) is 12.0 Å². The molecule has 0 aliphatic carbocycles. The Labute approximate surface area is 103 Å². The van der Waals surface area contributed by atoms with Gasteiger partial charge in [-0.2, -0.15) is 0 Å². The van der Waals surface area contributed by atoms with Gasteiger partial charge in [0.15, 0.2) is 6.04 Å². The van der Waals surface area contributed by atoms with Gasteiger partial charge in [0.2, 0.25) is 5.71 Å². The molecule has 2 rings (SSSR count). The van der Waals surface area contributed by atoms with Crippen LogP contribution in [0.5, 0.6) is 0 Å². The molecule has 2 heteroatoms. The van der Waals surface area contributed by atoms with Crippen molar-refractivity contribution in [3.05, 3.63) is 53.3 Å². The number of hydrogen-bond acceptors (Lipinski definition) is 1. The molecule has 0 spiro atoms. The second kappa shape index (κ2) is 4.02. The van der Waals surface area contributed by atoms with Crippen molar-refractivity contribution in [1.29, 1.82) is 0 Å². The van der Waals surface area contributed by atoms with Crippen molar-refractivity contribution in [2.24, 2.45) is 5.41 Å². The highest BCUT2D eigenvalue weighted by atomic mass is 16.5. The smallest absolute Gasteiger partial charge is 0.200 e. The average molecular weight is 229 g/mol. The first-order valence-corrected chi connectivity index (χ1v) is 5.98. The summed E-state index contributed by atoms with van der Waals surface area (Å²) >= 11 is 0. The van der Waals surface area contributed by atoms with E-state index in [0.717, 1.165) is 28.0 Å². The lowest BCUT2D eigenvalue weighted by Crippen LogP contribution is -2.24. The van der Waals surface area contributed by atoms with E-state index >= 15 is 0 Å². The molecule has 2 nitrogen and oxygen atoms in total. The molecule has 1 aromatic carbocycles. The normalized spacial score (nSPS) is 22.9. The highest BCUT2D eigenvalue weighted by Crippen LogP contribution is 2.36. The highest BCUT2D eigenvalue weighted by Gasteiger charge is 2.45. The van der Waals surface area contributed by atoms with Crippen molar-refractivity contribution >= 4 is 5.71 Å². The Morgan fingerprint density at radius 3 is 2.41 bits per heavy atom. The van der Waals surface area contributed by atoms with Crippen LogP contribution in [0.4, 0.5) is 0 Å². The quantitative estimate of drug-likeness (QED) is 0.434. The molecule has 1 aliphatic rings. The largest absolute Gasteiger partial charge is 0.623 e. The van der Waals surface area contributed by atoms with Crippen LogP contribution in [-0.4, -0.2) is 16.5 Å². The molecule has 1 heterocycles. The molecule has 0 bridgehead atoms. The second-order valence-electron chi connectivity index (χ2n) is 5.49. The zero-order valence-electron chi connectivity index (χ0n) is 10.7. The molecule has 0 aromatic heterocycles. The Hall–Kier alpha value is -1.57. The summed E-state index contributed by atoms with van der Waals surface area (Å²) in [6, 6.07) is 9.84. The van der Waals surface area contributed by atoms with Crippen LogP contribution in [0.25, 0.3) is 0 Å². The van der Waals surface area contributed by atoms with E-state index in [1.54, 1.807) is 0 Å². The number of hydroxylamine groups is 1. The molecule has 17 heavy (non-hydrogen) atoms. The van der Waals surface area contributed by atoms with Gasteiger partial charge in [-0.3, -0.25) is 0 Å². The molecule has 0 radical (unpaired) electrons. The molecule has 1 unspecified atom stereocenters. The predicted octanol–water partition coefficient (Wildman–Crippen LogP) is 3.36. The fraction of sp³-hybridized carbons (Fsp3) is 0.400. The van der Waals surface area contributed by atoms with Crippen LogP contribution >= 0.6 is 0 Å². The number of nitrogens with zero attached hydrogens (tertiary/aromatic N) is 1. The molecule has 0 amide bonds. The van der Waals surface area contributed by atoms with E-state index in [0.29, 0.717) is 0 Å². The van der Waals surface area contributed by atoms with Crippen LogP contribution in [0.3, 0.4) is 0 Å². The van der Waals surface area contributed by atoms with E-state index in [1.165, 1.54) is 0 Å². The van der Waals surface area contributed by atoms with Gasteiger partial charge in [0.1, 0.15) is 0 Å². The van der Waals surface area contributed by atoms with Gasteiger partial charge in [-0.1, -0.05) is 24.8 Å². The van der Waals surface area contributed by atoms with E-state index in [2.05, 4.69) is 20.4 Å². The van der Waals surface area contributed by atoms with Crippen LogP contribution < -0.4 is 0 Å². The van der Waals surface area contributed by atoms with Gasteiger partial charge in [-0.05, 0) is 38.5 Å². The first-order valence-electron chi connectivity index (χ1n) is 5.98. The Morgan fingerprint density at radius 2 is 1.94 bits per heavy atom. The Balaban J connectivity index is 2.53. The summed E-state index contributed by atoms with van der Waals surface area (Å²) in [5.41, 5.74) is 2.76. The van der Waals surface area contributed by atoms with Crippen molar-refractivity contribution < 1.29 is 4.74 Å². The van der Waals surface area contributed by atoms with Gasteiger partial charge in [-0.15, -0.1) is 0 Å². The fourth-order valence-electron chi connectivity index (χ4n) is 2.61. The van der Waals surface area contributed by atoms with Crippen LogP contribution in [0.2, 0.25) is 0 Å². The zero-order chi connectivity index (χ0) is 12.6. The summed E-state index contributed by atoms with van der Waals surface area (Å²) in [6.07, 6.45) is 0.843. The maximum Gasteiger partial charge on any atom is 0.200 e. The summed E-state index contributed by atoms with van der Waals surface area (Å²) in [4.78, 5) is 0. The van der Waals surface area contributed by atoms with Crippen molar-refractivity contribution in [2.75, 3.05) is 0 Å². The lowest BCUT2D eigenvalue weighted by molar-refractivity contribution is -0.480. The third-order valence-electron chi connectivity index (χ3n) is 3.46. The first-order chi connectivity index (χ1) is 7.93. The summed E-state index contributed by atoms with van der Waals surface area (Å²) < 4.78 is 1.15. The minimum absolute atomic E-state index is 0.0831. The Kier molecular flexibility index (Phi) is 2.82. The monoisotopic (exact) mass is 229 g/mol. The number of hydrogen-bond donors (Lipinski definition) is 0. The van der Waals surface area contributed by atoms with Crippen molar-refractivity contribution in [3.63, 3.8) is 0 Å². The minimum Gasteiger partial charge on any atom is -0.623 e. The highest BCUT2D eigenvalue weighted by molar-refractivity contribution is 6.01. The molecular weight excluding hydrogens is 210 g/mol. The summed E-state index contributed by atoms with van der Waals surface area (Å²) in [5.74, 6) is 0. The molecule has 1 aromatic rings. The third kappa shape index (κ3) is 1.99. The Bertz CT molecular complexity index is 471. The lowest BCUT2D eigenvalue weighted by atomic mass is 9.81. The van der Waals surface area contributed by atoms with E-state index in [1.807, 2.05) is 37.3 Å². The van der Waals surface area contributed by atoms with Gasteiger partial charge in [0.25, 0.3) is 0 Å². The topological polar surface area (TPSA) is 26.1 Å². The predicted molar refractivity (Wildman–Crippen MR) is 71.2 cm³/mol. The standard InChI is InChI=1S/C15H19NO/c1-11(2)13-10-15(3,4)14(16(13)17)12-8-6-5-7-9-12/h5-9,13H,1,10H2,2-4H3. The van der Waals surface area contributed by atoms with E-state index in [-0.39, 0.29) is 11.5 Å². The number of rotatable bonds is 2. The van der Waals surface area contributed by atoms with Crippen LogP contribution in [0.15, 0.2) is 42.5 Å². The van der Waals surface area contributed by atoms with Gasteiger partial charge >= 0.3 is 0 Å². The molecule has 0 saturated carbocycles. The molecule has 0 fully saturated rings. The molecule has 90 valence electrons. The van der Waals surface area contributed by atoms with Crippen molar-refractivity contribution in [2.45, 2.75) is 33.2 Å². The van der Waals surface area contributed by atoms with Crippen LogP contribution in [0.1, 0.15) is 32.8 Å². The maximum absolute atomic E-state index is 12.4. The van der Waals surface area contributed by atoms with E-state index in [9.17, 15) is 5.21 Å². The van der Waals surface area contributed by atoms with Gasteiger partial charge in [0.05, 0.1) is 5.41 Å². The average Bonchev–Trinajstić information content (AvgIpc) is 2.50. The summed E-state index contributed by atoms with van der Waals surface area (Å²) in [6.45, 7) is 10.1. The van der Waals surface area contributed by atoms with E-state index in [4.69, 9.17) is 0 Å². The van der Waals surface area contributed by atoms with Crippen LogP contribution in [-0.2, 0) is 0 Å². The summed E-state index contributed by atoms with van der Waals surface area (Å²) in [7, 11) is 0. The molecular formula is C15H19NO. The SMILES string of the molecule is C=C(C)C1CC(C)(C)C(c2ccccc2)=[N+]1[O-]. The van der Waals surface area contributed by atoms with E-state index < -0.39 is 0 Å². The van der Waals surface area contributed by atoms with Crippen molar-refractivity contribution in [3.8, 4) is 0 Å². The maximum atomic E-state index is 12.4. The van der Waals surface area contributed by atoms with Gasteiger partial charge < -0.3 is 5.21 Å². The zero-order valence-corrected chi connectivity index (χ0v) is 10.7.